The Bertz CT molecular complexity index is 332. The summed E-state index contributed by atoms with van der Waals surface area (Å²) < 4.78 is 4.84. The number of esters is 1. The van der Waals surface area contributed by atoms with E-state index in [0.717, 1.165) is 25.7 Å². The minimum atomic E-state index is -0.952. The van der Waals surface area contributed by atoms with Crippen molar-refractivity contribution in [3.05, 3.63) is 0 Å². The van der Waals surface area contributed by atoms with Gasteiger partial charge in [0.15, 0.2) is 5.60 Å². The molecule has 1 rings (SSSR count). The number of hydroxylamine groups is 2. The average molecular weight is 271 g/mol. The maximum Gasteiger partial charge on any atom is 0.339 e. The van der Waals surface area contributed by atoms with Crippen molar-refractivity contribution in [2.45, 2.75) is 83.9 Å². The molecule has 4 nitrogen and oxygen atoms in total. The monoisotopic (exact) mass is 271 g/mol. The molecular formula is C15H29NO3. The fourth-order valence-corrected chi connectivity index (χ4v) is 3.01. The van der Waals surface area contributed by atoms with Gasteiger partial charge in [-0.2, -0.15) is 5.06 Å². The Labute approximate surface area is 117 Å². The lowest BCUT2D eigenvalue weighted by molar-refractivity contribution is -0.301. The molecule has 1 saturated heterocycles. The molecule has 0 aromatic carbocycles. The zero-order valence-corrected chi connectivity index (χ0v) is 13.5. The minimum Gasteiger partial charge on any atom is -0.467 e. The van der Waals surface area contributed by atoms with E-state index in [9.17, 15) is 4.79 Å². The normalized spacial score (nSPS) is 22.5. The molecule has 0 atom stereocenters. The number of rotatable bonds is 5. The molecule has 0 radical (unpaired) electrons. The predicted molar refractivity (Wildman–Crippen MR) is 75.6 cm³/mol. The summed E-state index contributed by atoms with van der Waals surface area (Å²) in [6.07, 6.45) is 4.21. The van der Waals surface area contributed by atoms with Crippen molar-refractivity contribution in [1.29, 1.82) is 0 Å². The van der Waals surface area contributed by atoms with Gasteiger partial charge in [-0.1, -0.05) is 13.8 Å². The summed E-state index contributed by atoms with van der Waals surface area (Å²) in [4.78, 5) is 18.0. The van der Waals surface area contributed by atoms with Gasteiger partial charge in [0, 0.05) is 11.1 Å². The summed E-state index contributed by atoms with van der Waals surface area (Å²) in [6.45, 7) is 12.3. The van der Waals surface area contributed by atoms with Gasteiger partial charge in [0.05, 0.1) is 7.11 Å². The lowest BCUT2D eigenvalue weighted by Gasteiger charge is -2.45. The van der Waals surface area contributed by atoms with E-state index >= 15 is 0 Å². The average Bonchev–Trinajstić information content (AvgIpc) is 2.61. The molecular weight excluding hydrogens is 242 g/mol. The number of carbonyl (C=O) groups is 1. The maximum atomic E-state index is 11.8. The molecule has 0 aromatic heterocycles. The molecule has 0 amide bonds. The van der Waals surface area contributed by atoms with Crippen LogP contribution in [0.25, 0.3) is 0 Å². The van der Waals surface area contributed by atoms with Crippen molar-refractivity contribution in [1.82, 2.24) is 5.06 Å². The van der Waals surface area contributed by atoms with Gasteiger partial charge in [-0.25, -0.2) is 4.79 Å². The van der Waals surface area contributed by atoms with Crippen molar-refractivity contribution in [2.75, 3.05) is 7.11 Å². The van der Waals surface area contributed by atoms with Crippen molar-refractivity contribution in [2.24, 2.45) is 0 Å². The van der Waals surface area contributed by atoms with Gasteiger partial charge in [-0.3, -0.25) is 4.84 Å². The topological polar surface area (TPSA) is 38.8 Å². The molecule has 0 aromatic rings. The van der Waals surface area contributed by atoms with Crippen LogP contribution in [-0.4, -0.2) is 34.8 Å². The molecule has 1 aliphatic rings. The first-order chi connectivity index (χ1) is 8.65. The van der Waals surface area contributed by atoms with Crippen LogP contribution in [0.3, 0.4) is 0 Å². The highest BCUT2D eigenvalue weighted by Crippen LogP contribution is 2.46. The van der Waals surface area contributed by atoms with Gasteiger partial charge >= 0.3 is 5.97 Å². The molecule has 1 aliphatic heterocycles. The molecule has 1 fully saturated rings. The van der Waals surface area contributed by atoms with E-state index in [1.807, 2.05) is 0 Å². The van der Waals surface area contributed by atoms with Crippen LogP contribution in [0.4, 0.5) is 0 Å². The molecule has 0 bridgehead atoms. The van der Waals surface area contributed by atoms with Crippen LogP contribution in [0.2, 0.25) is 0 Å². The smallest absolute Gasteiger partial charge is 0.339 e. The second-order valence-corrected chi connectivity index (χ2v) is 6.63. The van der Waals surface area contributed by atoms with E-state index in [-0.39, 0.29) is 17.0 Å². The number of ether oxygens (including phenoxy) is 1. The summed E-state index contributed by atoms with van der Waals surface area (Å²) in [5.41, 5.74) is -0.988. The zero-order chi connectivity index (χ0) is 14.9. The van der Waals surface area contributed by atoms with E-state index in [4.69, 9.17) is 9.57 Å². The van der Waals surface area contributed by atoms with Gasteiger partial charge in [-0.15, -0.1) is 0 Å². The van der Waals surface area contributed by atoms with Crippen LogP contribution in [0.5, 0.6) is 0 Å². The molecule has 0 saturated carbocycles. The Morgan fingerprint density at radius 2 is 1.74 bits per heavy atom. The van der Waals surface area contributed by atoms with E-state index in [0.29, 0.717) is 0 Å². The fourth-order valence-electron chi connectivity index (χ4n) is 3.01. The summed E-state index contributed by atoms with van der Waals surface area (Å²) in [6, 6.07) is 0. The van der Waals surface area contributed by atoms with Crippen molar-refractivity contribution < 1.29 is 14.4 Å². The third kappa shape index (κ3) is 2.95. The predicted octanol–water partition coefficient (Wildman–Crippen LogP) is 3.30. The first-order valence-corrected chi connectivity index (χ1v) is 7.23. The Morgan fingerprint density at radius 3 is 2.16 bits per heavy atom. The number of carbonyl (C=O) groups excluding carboxylic acids is 1. The Kier molecular flexibility index (Phi) is 4.68. The highest BCUT2D eigenvalue weighted by atomic mass is 16.7. The standard InChI is InChI=1S/C15H29NO3/c1-8-15(9-2)11-10-13(3,4)16(15)19-14(5,6)12(17)18-7/h8-11H2,1-7H3. The quantitative estimate of drug-likeness (QED) is 0.719. The highest BCUT2D eigenvalue weighted by molar-refractivity contribution is 5.78. The summed E-state index contributed by atoms with van der Waals surface area (Å²) in [5, 5.41) is 2.07. The van der Waals surface area contributed by atoms with Gasteiger partial charge in [0.25, 0.3) is 0 Å². The molecule has 0 aliphatic carbocycles. The molecule has 0 unspecified atom stereocenters. The number of methoxy groups -OCH3 is 1. The van der Waals surface area contributed by atoms with Crippen molar-refractivity contribution in [3.8, 4) is 0 Å². The fraction of sp³-hybridized carbons (Fsp3) is 0.933. The van der Waals surface area contributed by atoms with Crippen LogP contribution in [0.15, 0.2) is 0 Å². The molecule has 19 heavy (non-hydrogen) atoms. The number of hydrogen-bond donors (Lipinski definition) is 0. The van der Waals surface area contributed by atoms with Crippen molar-refractivity contribution in [3.63, 3.8) is 0 Å². The van der Waals surface area contributed by atoms with Gasteiger partial charge in [-0.05, 0) is 53.4 Å². The largest absolute Gasteiger partial charge is 0.467 e. The molecule has 112 valence electrons. The van der Waals surface area contributed by atoms with Gasteiger partial charge in [0.2, 0.25) is 0 Å². The van der Waals surface area contributed by atoms with E-state index in [1.54, 1.807) is 13.8 Å². The summed E-state index contributed by atoms with van der Waals surface area (Å²) in [7, 11) is 1.40. The summed E-state index contributed by atoms with van der Waals surface area (Å²) >= 11 is 0. The Balaban J connectivity index is 3.03. The SMILES string of the molecule is CCC1(CC)CCC(C)(C)N1OC(C)(C)C(=O)OC. The van der Waals surface area contributed by atoms with E-state index in [1.165, 1.54) is 7.11 Å². The van der Waals surface area contributed by atoms with Crippen LogP contribution in [0, 0.1) is 0 Å². The Morgan fingerprint density at radius 1 is 1.21 bits per heavy atom. The van der Waals surface area contributed by atoms with Gasteiger partial charge < -0.3 is 4.74 Å². The highest BCUT2D eigenvalue weighted by Gasteiger charge is 2.52. The van der Waals surface area contributed by atoms with Crippen LogP contribution >= 0.6 is 0 Å². The molecule has 1 heterocycles. The second kappa shape index (κ2) is 5.41. The number of nitrogens with zero attached hydrogens (tertiary/aromatic N) is 1. The first-order valence-electron chi connectivity index (χ1n) is 7.23. The van der Waals surface area contributed by atoms with Crippen LogP contribution < -0.4 is 0 Å². The minimum absolute atomic E-state index is 0.0226. The maximum absolute atomic E-state index is 11.8. The van der Waals surface area contributed by atoms with Crippen molar-refractivity contribution >= 4 is 5.97 Å². The first kappa shape index (κ1) is 16.4. The van der Waals surface area contributed by atoms with Gasteiger partial charge in [0.1, 0.15) is 0 Å². The lowest BCUT2D eigenvalue weighted by Crippen LogP contribution is -2.56. The second-order valence-electron chi connectivity index (χ2n) is 6.63. The summed E-state index contributed by atoms with van der Waals surface area (Å²) in [5.74, 6) is -0.337. The lowest BCUT2D eigenvalue weighted by atomic mass is 9.91. The molecule has 4 heteroatoms. The zero-order valence-electron chi connectivity index (χ0n) is 13.5. The third-order valence-electron chi connectivity index (χ3n) is 4.50. The molecule has 0 N–H and O–H groups in total. The van der Waals surface area contributed by atoms with Crippen LogP contribution in [-0.2, 0) is 14.4 Å². The van der Waals surface area contributed by atoms with E-state index in [2.05, 4.69) is 32.8 Å². The van der Waals surface area contributed by atoms with Crippen LogP contribution in [0.1, 0.15) is 67.2 Å². The third-order valence-corrected chi connectivity index (χ3v) is 4.50. The van der Waals surface area contributed by atoms with E-state index < -0.39 is 5.60 Å². The number of hydrogen-bond acceptors (Lipinski definition) is 4. The Hall–Kier alpha value is -0.610. The molecule has 0 spiro atoms.